The van der Waals surface area contributed by atoms with Crippen molar-refractivity contribution in [2.75, 3.05) is 11.9 Å². The van der Waals surface area contributed by atoms with E-state index in [4.69, 9.17) is 11.1 Å². The molecule has 0 fully saturated rings. The van der Waals surface area contributed by atoms with Crippen LogP contribution in [-0.2, 0) is 6.54 Å². The molecule has 0 spiro atoms. The Labute approximate surface area is 119 Å². The summed E-state index contributed by atoms with van der Waals surface area (Å²) in [7, 11) is 2.01. The van der Waals surface area contributed by atoms with Crippen LogP contribution in [0.1, 0.15) is 10.4 Å². The summed E-state index contributed by atoms with van der Waals surface area (Å²) in [6.45, 7) is 0.814. The van der Waals surface area contributed by atoms with Crippen LogP contribution in [-0.4, -0.2) is 12.9 Å². The fourth-order valence-corrected chi connectivity index (χ4v) is 3.15. The minimum Gasteiger partial charge on any atom is -0.384 e. The molecular weight excluding hydrogens is 310 g/mol. The molecule has 0 atom stereocenters. The molecular formula is C13H14BrN3S. The number of nitrogen functional groups attached to an aromatic ring is 1. The number of nitrogens with zero attached hydrogens (tertiary/aromatic N) is 1. The molecule has 0 aliphatic heterocycles. The highest BCUT2D eigenvalue weighted by Gasteiger charge is 2.13. The van der Waals surface area contributed by atoms with Gasteiger partial charge in [-0.3, -0.25) is 5.41 Å². The second kappa shape index (κ2) is 5.54. The molecule has 5 heteroatoms. The molecule has 2 rings (SSSR count). The molecule has 0 amide bonds. The van der Waals surface area contributed by atoms with Crippen molar-refractivity contribution in [1.82, 2.24) is 0 Å². The first-order valence-electron chi connectivity index (χ1n) is 5.46. The molecule has 1 aromatic heterocycles. The number of amidine groups is 1. The summed E-state index contributed by atoms with van der Waals surface area (Å²) in [5.74, 6) is 0.0792. The maximum absolute atomic E-state index is 7.68. The molecule has 1 aromatic carbocycles. The number of thiophene rings is 1. The van der Waals surface area contributed by atoms with Crippen molar-refractivity contribution in [3.05, 3.63) is 50.6 Å². The molecule has 3 nitrogen and oxygen atoms in total. The number of nitrogens with one attached hydrogen (secondary N) is 1. The van der Waals surface area contributed by atoms with Gasteiger partial charge in [-0.15, -0.1) is 11.3 Å². The third-order valence-electron chi connectivity index (χ3n) is 2.65. The number of rotatable bonds is 4. The molecule has 0 aliphatic carbocycles. The van der Waals surface area contributed by atoms with Gasteiger partial charge in [-0.05, 0) is 39.5 Å². The van der Waals surface area contributed by atoms with Crippen molar-refractivity contribution in [3.8, 4) is 0 Å². The first kappa shape index (κ1) is 13.1. The molecule has 0 bridgehead atoms. The van der Waals surface area contributed by atoms with E-state index in [-0.39, 0.29) is 5.84 Å². The van der Waals surface area contributed by atoms with E-state index < -0.39 is 0 Å². The Morgan fingerprint density at radius 3 is 2.78 bits per heavy atom. The SMILES string of the molecule is CN(Cc1cccs1)c1cccc(Br)c1C(=N)N. The van der Waals surface area contributed by atoms with E-state index in [1.54, 1.807) is 11.3 Å². The van der Waals surface area contributed by atoms with Gasteiger partial charge in [-0.25, -0.2) is 0 Å². The molecule has 0 radical (unpaired) electrons. The lowest BCUT2D eigenvalue weighted by molar-refractivity contribution is 0.937. The van der Waals surface area contributed by atoms with Gasteiger partial charge in [-0.2, -0.15) is 0 Å². The van der Waals surface area contributed by atoms with E-state index in [2.05, 4.69) is 32.3 Å². The zero-order valence-electron chi connectivity index (χ0n) is 9.98. The van der Waals surface area contributed by atoms with E-state index in [0.717, 1.165) is 22.3 Å². The van der Waals surface area contributed by atoms with Gasteiger partial charge < -0.3 is 10.6 Å². The standard InChI is InChI=1S/C13H14BrN3S/c1-17(8-9-4-3-7-18-9)11-6-2-5-10(14)12(11)13(15)16/h2-7H,8H2,1H3,(H3,15,16). The number of hydrogen-bond acceptors (Lipinski definition) is 3. The van der Waals surface area contributed by atoms with Gasteiger partial charge in [0.2, 0.25) is 0 Å². The van der Waals surface area contributed by atoms with Crippen molar-refractivity contribution in [2.24, 2.45) is 5.73 Å². The average Bonchev–Trinajstić information content (AvgIpc) is 2.80. The van der Waals surface area contributed by atoms with Crippen molar-refractivity contribution < 1.29 is 0 Å². The summed E-state index contributed by atoms with van der Waals surface area (Å²) < 4.78 is 0.852. The second-order valence-electron chi connectivity index (χ2n) is 3.98. The van der Waals surface area contributed by atoms with Crippen LogP contribution in [0.4, 0.5) is 5.69 Å². The van der Waals surface area contributed by atoms with Crippen LogP contribution < -0.4 is 10.6 Å². The number of hydrogen-bond donors (Lipinski definition) is 2. The van der Waals surface area contributed by atoms with Gasteiger partial charge in [0.05, 0.1) is 12.1 Å². The van der Waals surface area contributed by atoms with Crippen LogP contribution >= 0.6 is 27.3 Å². The van der Waals surface area contributed by atoms with Gasteiger partial charge in [0.25, 0.3) is 0 Å². The second-order valence-corrected chi connectivity index (χ2v) is 5.87. The van der Waals surface area contributed by atoms with Crippen LogP contribution in [0.3, 0.4) is 0 Å². The quantitative estimate of drug-likeness (QED) is 0.669. The van der Waals surface area contributed by atoms with Crippen molar-refractivity contribution in [1.29, 1.82) is 5.41 Å². The summed E-state index contributed by atoms with van der Waals surface area (Å²) in [6.07, 6.45) is 0. The number of halogens is 1. The van der Waals surface area contributed by atoms with E-state index in [1.807, 2.05) is 31.3 Å². The Bertz CT molecular complexity index is 551. The summed E-state index contributed by atoms with van der Waals surface area (Å²) in [6, 6.07) is 9.98. The number of anilines is 1. The zero-order valence-corrected chi connectivity index (χ0v) is 12.4. The van der Waals surface area contributed by atoms with E-state index in [1.165, 1.54) is 4.88 Å². The number of nitrogens with two attached hydrogens (primary N) is 1. The Kier molecular flexibility index (Phi) is 4.04. The van der Waals surface area contributed by atoms with Crippen LogP contribution in [0, 0.1) is 5.41 Å². The van der Waals surface area contributed by atoms with Crippen molar-refractivity contribution >= 4 is 38.8 Å². The lowest BCUT2D eigenvalue weighted by atomic mass is 10.1. The van der Waals surface area contributed by atoms with Gasteiger partial charge >= 0.3 is 0 Å². The summed E-state index contributed by atoms with van der Waals surface area (Å²) >= 11 is 5.18. The lowest BCUT2D eigenvalue weighted by Gasteiger charge is -2.22. The normalized spacial score (nSPS) is 10.3. The molecule has 18 heavy (non-hydrogen) atoms. The van der Waals surface area contributed by atoms with Crippen LogP contribution in [0.25, 0.3) is 0 Å². The Morgan fingerprint density at radius 2 is 2.17 bits per heavy atom. The van der Waals surface area contributed by atoms with Crippen molar-refractivity contribution in [2.45, 2.75) is 6.54 Å². The fourth-order valence-electron chi connectivity index (χ4n) is 1.82. The lowest BCUT2D eigenvalue weighted by Crippen LogP contribution is -2.22. The Morgan fingerprint density at radius 1 is 1.39 bits per heavy atom. The molecule has 0 saturated heterocycles. The first-order chi connectivity index (χ1) is 8.59. The van der Waals surface area contributed by atoms with Gasteiger partial charge in [0.1, 0.15) is 5.84 Å². The molecule has 3 N–H and O–H groups in total. The van der Waals surface area contributed by atoms with Crippen molar-refractivity contribution in [3.63, 3.8) is 0 Å². The first-order valence-corrected chi connectivity index (χ1v) is 7.13. The highest BCUT2D eigenvalue weighted by molar-refractivity contribution is 9.10. The predicted molar refractivity (Wildman–Crippen MR) is 81.6 cm³/mol. The third kappa shape index (κ3) is 2.73. The van der Waals surface area contributed by atoms with Gasteiger partial charge in [0.15, 0.2) is 0 Å². The van der Waals surface area contributed by atoms with E-state index in [0.29, 0.717) is 0 Å². The summed E-state index contributed by atoms with van der Waals surface area (Å²) in [4.78, 5) is 3.39. The predicted octanol–water partition coefficient (Wildman–Crippen LogP) is 3.43. The van der Waals surface area contributed by atoms with E-state index in [9.17, 15) is 0 Å². The molecule has 0 aliphatic rings. The topological polar surface area (TPSA) is 53.1 Å². The smallest absolute Gasteiger partial charge is 0.126 e. The highest BCUT2D eigenvalue weighted by Crippen LogP contribution is 2.28. The average molecular weight is 324 g/mol. The van der Waals surface area contributed by atoms with Crippen LogP contribution in [0.5, 0.6) is 0 Å². The Hall–Kier alpha value is -1.33. The van der Waals surface area contributed by atoms with E-state index >= 15 is 0 Å². The monoisotopic (exact) mass is 323 g/mol. The fraction of sp³-hybridized carbons (Fsp3) is 0.154. The van der Waals surface area contributed by atoms with Gasteiger partial charge in [0, 0.05) is 22.1 Å². The highest BCUT2D eigenvalue weighted by atomic mass is 79.9. The van der Waals surface area contributed by atoms with Crippen LogP contribution in [0.15, 0.2) is 40.2 Å². The molecule has 2 aromatic rings. The summed E-state index contributed by atoms with van der Waals surface area (Å²) in [5.41, 5.74) is 7.37. The van der Waals surface area contributed by atoms with Crippen LogP contribution in [0.2, 0.25) is 0 Å². The minimum atomic E-state index is 0.0792. The molecule has 1 heterocycles. The minimum absolute atomic E-state index is 0.0792. The third-order valence-corrected chi connectivity index (χ3v) is 4.17. The zero-order chi connectivity index (χ0) is 13.1. The maximum Gasteiger partial charge on any atom is 0.126 e. The molecule has 0 unspecified atom stereocenters. The number of benzene rings is 1. The van der Waals surface area contributed by atoms with Gasteiger partial charge in [-0.1, -0.05) is 12.1 Å². The largest absolute Gasteiger partial charge is 0.384 e. The molecule has 94 valence electrons. The summed E-state index contributed by atoms with van der Waals surface area (Å²) in [5, 5.41) is 9.75. The Balaban J connectivity index is 2.32. The maximum atomic E-state index is 7.68. The molecule has 0 saturated carbocycles.